The average Bonchev–Trinajstić information content (AvgIpc) is 3.10. The average molecular weight is 385 g/mol. The van der Waals surface area contributed by atoms with E-state index in [1.165, 1.54) is 16.7 Å². The van der Waals surface area contributed by atoms with E-state index < -0.39 is 0 Å². The highest BCUT2D eigenvalue weighted by atomic mass is 16.5. The normalized spacial score (nSPS) is 12.4. The Hall–Kier alpha value is -3.07. The van der Waals surface area contributed by atoms with Crippen LogP contribution in [0.15, 0.2) is 72.8 Å². The van der Waals surface area contributed by atoms with Crippen molar-refractivity contribution >= 4 is 11.0 Å². The fourth-order valence-electron chi connectivity index (χ4n) is 3.89. The molecule has 1 aromatic heterocycles. The Labute approximate surface area is 173 Å². The summed E-state index contributed by atoms with van der Waals surface area (Å²) in [6.07, 6.45) is 0. The van der Waals surface area contributed by atoms with Crippen LogP contribution in [0.4, 0.5) is 0 Å². The lowest BCUT2D eigenvalue weighted by atomic mass is 10.0. The lowest BCUT2D eigenvalue weighted by Gasteiger charge is -2.19. The molecule has 1 heterocycles. The fraction of sp³-hybridized carbons (Fsp3) is 0.269. The minimum Gasteiger partial charge on any atom is -0.485 e. The van der Waals surface area contributed by atoms with Gasteiger partial charge in [-0.15, -0.1) is 0 Å². The van der Waals surface area contributed by atoms with Crippen molar-refractivity contribution in [1.82, 2.24) is 9.55 Å². The van der Waals surface area contributed by atoms with Gasteiger partial charge in [-0.05, 0) is 54.7 Å². The second kappa shape index (κ2) is 8.12. The van der Waals surface area contributed by atoms with Gasteiger partial charge in [-0.1, -0.05) is 68.4 Å². The lowest BCUT2D eigenvalue weighted by Crippen LogP contribution is -2.13. The van der Waals surface area contributed by atoms with Crippen LogP contribution in [0.5, 0.6) is 5.75 Å². The highest BCUT2D eigenvalue weighted by molar-refractivity contribution is 5.76. The molecule has 0 aliphatic carbocycles. The molecule has 0 saturated carbocycles. The number of imidazole rings is 1. The van der Waals surface area contributed by atoms with Crippen molar-refractivity contribution in [3.05, 3.63) is 95.3 Å². The Morgan fingerprint density at radius 1 is 0.897 bits per heavy atom. The van der Waals surface area contributed by atoms with Crippen molar-refractivity contribution in [2.75, 3.05) is 0 Å². The number of hydrogen-bond acceptors (Lipinski definition) is 2. The van der Waals surface area contributed by atoms with E-state index in [1.807, 2.05) is 6.07 Å². The zero-order valence-corrected chi connectivity index (χ0v) is 17.6. The van der Waals surface area contributed by atoms with E-state index in [9.17, 15) is 0 Å². The zero-order valence-electron chi connectivity index (χ0n) is 17.6. The van der Waals surface area contributed by atoms with Gasteiger partial charge in [0, 0.05) is 0 Å². The number of para-hydroxylation sites is 2. The molecule has 148 valence electrons. The lowest BCUT2D eigenvalue weighted by molar-refractivity contribution is 0.284. The Morgan fingerprint density at radius 3 is 2.38 bits per heavy atom. The highest BCUT2D eigenvalue weighted by Gasteiger charge is 2.18. The minimum absolute atomic E-state index is 0.171. The summed E-state index contributed by atoms with van der Waals surface area (Å²) in [5, 5.41) is 0. The summed E-state index contributed by atoms with van der Waals surface area (Å²) < 4.78 is 8.64. The molecule has 0 fully saturated rings. The summed E-state index contributed by atoms with van der Waals surface area (Å²) in [7, 11) is 0. The van der Waals surface area contributed by atoms with Gasteiger partial charge in [0.1, 0.15) is 18.2 Å². The third-order valence-electron chi connectivity index (χ3n) is 5.49. The largest absolute Gasteiger partial charge is 0.485 e. The van der Waals surface area contributed by atoms with E-state index in [1.54, 1.807) is 0 Å². The molecule has 0 bridgehead atoms. The second-order valence-electron chi connectivity index (χ2n) is 7.96. The molecule has 29 heavy (non-hydrogen) atoms. The van der Waals surface area contributed by atoms with E-state index in [2.05, 4.69) is 99.0 Å². The number of aryl methyl sites for hydroxylation is 1. The summed E-state index contributed by atoms with van der Waals surface area (Å²) in [6.45, 7) is 9.16. The topological polar surface area (TPSA) is 27.1 Å². The van der Waals surface area contributed by atoms with Crippen LogP contribution in [-0.2, 0) is 6.61 Å². The van der Waals surface area contributed by atoms with Crippen LogP contribution < -0.4 is 4.74 Å². The van der Waals surface area contributed by atoms with E-state index in [-0.39, 0.29) is 6.04 Å². The molecule has 4 rings (SSSR count). The molecule has 3 nitrogen and oxygen atoms in total. The predicted octanol–water partition coefficient (Wildman–Crippen LogP) is 6.66. The van der Waals surface area contributed by atoms with E-state index in [0.717, 1.165) is 22.6 Å². The number of benzene rings is 3. The molecule has 0 amide bonds. The molecular formula is C26H28N2O. The van der Waals surface area contributed by atoms with E-state index >= 15 is 0 Å². The first-order chi connectivity index (χ1) is 14.0. The number of aromatic nitrogens is 2. The molecule has 0 saturated heterocycles. The Balaban J connectivity index is 1.72. The van der Waals surface area contributed by atoms with E-state index in [4.69, 9.17) is 9.72 Å². The summed E-state index contributed by atoms with van der Waals surface area (Å²) in [5.74, 6) is 2.30. The molecule has 0 spiro atoms. The number of ether oxygens (including phenoxy) is 1. The van der Waals surface area contributed by atoms with Crippen molar-refractivity contribution in [2.45, 2.75) is 46.3 Å². The van der Waals surface area contributed by atoms with Gasteiger partial charge in [0.2, 0.25) is 0 Å². The van der Waals surface area contributed by atoms with Crippen LogP contribution in [0.25, 0.3) is 11.0 Å². The number of nitrogens with zero attached hydrogens (tertiary/aromatic N) is 2. The summed E-state index contributed by atoms with van der Waals surface area (Å²) >= 11 is 0. The number of hydrogen-bond donors (Lipinski definition) is 0. The number of fused-ring (bicyclic) bond motifs is 1. The molecule has 0 N–H and O–H groups in total. The van der Waals surface area contributed by atoms with Gasteiger partial charge in [0.15, 0.2) is 0 Å². The van der Waals surface area contributed by atoms with Crippen molar-refractivity contribution < 1.29 is 4.74 Å². The molecule has 0 aliphatic rings. The summed E-state index contributed by atoms with van der Waals surface area (Å²) in [4.78, 5) is 4.91. The zero-order chi connectivity index (χ0) is 20.4. The van der Waals surface area contributed by atoms with Gasteiger partial charge in [0.05, 0.1) is 17.1 Å². The summed E-state index contributed by atoms with van der Waals surface area (Å²) in [6, 6.07) is 25.5. The smallest absolute Gasteiger partial charge is 0.148 e. The van der Waals surface area contributed by atoms with Crippen LogP contribution >= 0.6 is 0 Å². The minimum atomic E-state index is 0.171. The standard InChI is InChI=1S/C26H28N2O/c1-18(2)22-15-14-19(3)16-25(22)29-17-26-27-23-12-8-9-13-24(23)28(26)20(4)21-10-6-5-7-11-21/h5-16,18,20H,17H2,1-4H3. The third kappa shape index (κ3) is 3.91. The molecule has 4 aromatic rings. The molecule has 0 radical (unpaired) electrons. The molecule has 1 unspecified atom stereocenters. The maximum absolute atomic E-state index is 6.34. The first kappa shape index (κ1) is 19.3. The van der Waals surface area contributed by atoms with Gasteiger partial charge in [0.25, 0.3) is 0 Å². The van der Waals surface area contributed by atoms with Gasteiger partial charge >= 0.3 is 0 Å². The Morgan fingerprint density at radius 2 is 1.62 bits per heavy atom. The quantitative estimate of drug-likeness (QED) is 0.372. The molecular weight excluding hydrogens is 356 g/mol. The predicted molar refractivity (Wildman–Crippen MR) is 120 cm³/mol. The van der Waals surface area contributed by atoms with Gasteiger partial charge in [-0.3, -0.25) is 0 Å². The Kier molecular flexibility index (Phi) is 5.39. The van der Waals surface area contributed by atoms with Crippen molar-refractivity contribution in [3.8, 4) is 5.75 Å². The third-order valence-corrected chi connectivity index (χ3v) is 5.49. The maximum atomic E-state index is 6.34. The number of rotatable bonds is 6. The van der Waals surface area contributed by atoms with Gasteiger partial charge in [-0.25, -0.2) is 4.98 Å². The highest BCUT2D eigenvalue weighted by Crippen LogP contribution is 2.30. The van der Waals surface area contributed by atoms with Crippen LogP contribution in [0, 0.1) is 6.92 Å². The van der Waals surface area contributed by atoms with Crippen LogP contribution in [0.1, 0.15) is 55.2 Å². The summed E-state index contributed by atoms with van der Waals surface area (Å²) in [5.41, 5.74) is 5.83. The fourth-order valence-corrected chi connectivity index (χ4v) is 3.89. The first-order valence-electron chi connectivity index (χ1n) is 10.3. The Bertz CT molecular complexity index is 1110. The molecule has 1 atom stereocenters. The monoisotopic (exact) mass is 384 g/mol. The van der Waals surface area contributed by atoms with Crippen molar-refractivity contribution in [2.24, 2.45) is 0 Å². The molecule has 0 aliphatic heterocycles. The molecule has 3 heteroatoms. The molecule has 3 aromatic carbocycles. The first-order valence-corrected chi connectivity index (χ1v) is 10.3. The van der Waals surface area contributed by atoms with Gasteiger partial charge < -0.3 is 9.30 Å². The second-order valence-corrected chi connectivity index (χ2v) is 7.96. The maximum Gasteiger partial charge on any atom is 0.148 e. The van der Waals surface area contributed by atoms with Crippen molar-refractivity contribution in [1.29, 1.82) is 0 Å². The van der Waals surface area contributed by atoms with Crippen LogP contribution in [-0.4, -0.2) is 9.55 Å². The van der Waals surface area contributed by atoms with Crippen molar-refractivity contribution in [3.63, 3.8) is 0 Å². The van der Waals surface area contributed by atoms with E-state index in [0.29, 0.717) is 12.5 Å². The van der Waals surface area contributed by atoms with Crippen LogP contribution in [0.3, 0.4) is 0 Å². The van der Waals surface area contributed by atoms with Gasteiger partial charge in [-0.2, -0.15) is 0 Å². The SMILES string of the molecule is Cc1ccc(C(C)C)c(OCc2nc3ccccc3n2C(C)c2ccccc2)c1. The van der Waals surface area contributed by atoms with Crippen LogP contribution in [0.2, 0.25) is 0 Å².